The molecule has 0 amide bonds. The molecule has 0 saturated carbocycles. The van der Waals surface area contributed by atoms with Gasteiger partial charge in [0.1, 0.15) is 24.3 Å². The molecular formula is C13H20FNO3. The van der Waals surface area contributed by atoms with Crippen molar-refractivity contribution in [3.8, 4) is 5.75 Å². The van der Waals surface area contributed by atoms with E-state index in [9.17, 15) is 9.50 Å². The fourth-order valence-corrected chi connectivity index (χ4v) is 1.46. The SMILES string of the molecule is CCOCC(O)COc1ccc([C@@H](C)N)c(F)c1. The molecule has 1 unspecified atom stereocenters. The minimum Gasteiger partial charge on any atom is -0.491 e. The third-order valence-corrected chi connectivity index (χ3v) is 2.42. The van der Waals surface area contributed by atoms with Gasteiger partial charge in [0.05, 0.1) is 6.61 Å². The van der Waals surface area contributed by atoms with Crippen LogP contribution < -0.4 is 10.5 Å². The molecule has 1 aromatic carbocycles. The summed E-state index contributed by atoms with van der Waals surface area (Å²) in [5.74, 6) is -0.0331. The molecular weight excluding hydrogens is 237 g/mol. The van der Waals surface area contributed by atoms with Gasteiger partial charge in [-0.15, -0.1) is 0 Å². The molecule has 0 aliphatic heterocycles. The summed E-state index contributed by atoms with van der Waals surface area (Å²) >= 11 is 0. The molecule has 0 radical (unpaired) electrons. The highest BCUT2D eigenvalue weighted by molar-refractivity contribution is 5.30. The van der Waals surface area contributed by atoms with E-state index in [1.165, 1.54) is 6.07 Å². The molecule has 102 valence electrons. The average Bonchev–Trinajstić information content (AvgIpc) is 2.33. The molecule has 3 N–H and O–H groups in total. The first kappa shape index (κ1) is 14.9. The van der Waals surface area contributed by atoms with Gasteiger partial charge in [-0.25, -0.2) is 4.39 Å². The van der Waals surface area contributed by atoms with Gasteiger partial charge >= 0.3 is 0 Å². The van der Waals surface area contributed by atoms with E-state index in [1.54, 1.807) is 19.1 Å². The van der Waals surface area contributed by atoms with Crippen molar-refractivity contribution in [2.75, 3.05) is 19.8 Å². The highest BCUT2D eigenvalue weighted by atomic mass is 19.1. The first-order valence-electron chi connectivity index (χ1n) is 5.98. The van der Waals surface area contributed by atoms with E-state index >= 15 is 0 Å². The number of rotatable bonds is 7. The monoisotopic (exact) mass is 257 g/mol. The minimum atomic E-state index is -0.721. The van der Waals surface area contributed by atoms with Gasteiger partial charge in [-0.05, 0) is 19.9 Å². The summed E-state index contributed by atoms with van der Waals surface area (Å²) in [5.41, 5.74) is 6.05. The van der Waals surface area contributed by atoms with Crippen LogP contribution in [-0.2, 0) is 4.74 Å². The molecule has 0 aliphatic carbocycles. The van der Waals surface area contributed by atoms with E-state index in [-0.39, 0.29) is 19.3 Å². The van der Waals surface area contributed by atoms with Gasteiger partial charge in [0.25, 0.3) is 0 Å². The predicted molar refractivity (Wildman–Crippen MR) is 67.0 cm³/mol. The van der Waals surface area contributed by atoms with Crippen molar-refractivity contribution in [1.29, 1.82) is 0 Å². The molecule has 0 spiro atoms. The van der Waals surface area contributed by atoms with E-state index in [0.717, 1.165) is 0 Å². The van der Waals surface area contributed by atoms with Crippen molar-refractivity contribution in [2.24, 2.45) is 5.73 Å². The Labute approximate surface area is 107 Å². The van der Waals surface area contributed by atoms with Crippen LogP contribution in [0.5, 0.6) is 5.75 Å². The molecule has 18 heavy (non-hydrogen) atoms. The number of benzene rings is 1. The molecule has 1 rings (SSSR count). The lowest BCUT2D eigenvalue weighted by Gasteiger charge is -2.13. The number of ether oxygens (including phenoxy) is 2. The zero-order chi connectivity index (χ0) is 13.5. The molecule has 0 bridgehead atoms. The highest BCUT2D eigenvalue weighted by Crippen LogP contribution is 2.20. The maximum atomic E-state index is 13.6. The number of halogens is 1. The van der Waals surface area contributed by atoms with Crippen LogP contribution in [0.2, 0.25) is 0 Å². The number of hydrogen-bond acceptors (Lipinski definition) is 4. The lowest BCUT2D eigenvalue weighted by atomic mass is 10.1. The molecule has 5 heteroatoms. The van der Waals surface area contributed by atoms with Crippen molar-refractivity contribution in [2.45, 2.75) is 26.0 Å². The predicted octanol–water partition coefficient (Wildman–Crippen LogP) is 1.62. The van der Waals surface area contributed by atoms with Crippen molar-refractivity contribution in [1.82, 2.24) is 0 Å². The van der Waals surface area contributed by atoms with Crippen LogP contribution in [0.25, 0.3) is 0 Å². The summed E-state index contributed by atoms with van der Waals surface area (Å²) < 4.78 is 23.9. The van der Waals surface area contributed by atoms with Crippen molar-refractivity contribution in [3.05, 3.63) is 29.6 Å². The quantitative estimate of drug-likeness (QED) is 0.779. The van der Waals surface area contributed by atoms with Gasteiger partial charge in [-0.1, -0.05) is 6.07 Å². The Hall–Kier alpha value is -1.17. The summed E-state index contributed by atoms with van der Waals surface area (Å²) in [6.45, 7) is 4.36. The Morgan fingerprint density at radius 3 is 2.67 bits per heavy atom. The fraction of sp³-hybridized carbons (Fsp3) is 0.538. The first-order chi connectivity index (χ1) is 8.54. The second-order valence-electron chi connectivity index (χ2n) is 4.10. The molecule has 0 heterocycles. The summed E-state index contributed by atoms with van der Waals surface area (Å²) in [6, 6.07) is 4.13. The fourth-order valence-electron chi connectivity index (χ4n) is 1.46. The van der Waals surface area contributed by atoms with Gasteiger partial charge in [0.15, 0.2) is 0 Å². The third kappa shape index (κ3) is 4.60. The van der Waals surface area contributed by atoms with Crippen LogP contribution in [0.1, 0.15) is 25.5 Å². The van der Waals surface area contributed by atoms with Gasteiger partial charge in [0, 0.05) is 24.3 Å². The first-order valence-corrected chi connectivity index (χ1v) is 5.98. The Bertz CT molecular complexity index is 371. The van der Waals surface area contributed by atoms with Gasteiger partial charge in [-0.2, -0.15) is 0 Å². The Morgan fingerprint density at radius 2 is 2.11 bits per heavy atom. The van der Waals surface area contributed by atoms with E-state index in [0.29, 0.717) is 17.9 Å². The van der Waals surface area contributed by atoms with Crippen LogP contribution >= 0.6 is 0 Å². The average molecular weight is 257 g/mol. The zero-order valence-electron chi connectivity index (χ0n) is 10.7. The second-order valence-corrected chi connectivity index (χ2v) is 4.10. The summed E-state index contributed by atoms with van der Waals surface area (Å²) in [7, 11) is 0. The van der Waals surface area contributed by atoms with Crippen molar-refractivity contribution >= 4 is 0 Å². The van der Waals surface area contributed by atoms with E-state index in [4.69, 9.17) is 15.2 Å². The summed E-state index contributed by atoms with van der Waals surface area (Å²) in [6.07, 6.45) is -0.721. The molecule has 4 nitrogen and oxygen atoms in total. The Balaban J connectivity index is 2.51. The van der Waals surface area contributed by atoms with Gasteiger partial charge in [-0.3, -0.25) is 0 Å². The molecule has 0 aromatic heterocycles. The number of hydrogen-bond donors (Lipinski definition) is 2. The zero-order valence-corrected chi connectivity index (χ0v) is 10.7. The number of aliphatic hydroxyl groups is 1. The van der Waals surface area contributed by atoms with Gasteiger partial charge in [0.2, 0.25) is 0 Å². The van der Waals surface area contributed by atoms with Crippen LogP contribution in [0.15, 0.2) is 18.2 Å². The maximum Gasteiger partial charge on any atom is 0.131 e. The van der Waals surface area contributed by atoms with Crippen LogP contribution in [-0.4, -0.2) is 31.0 Å². The number of nitrogens with two attached hydrogens (primary N) is 1. The minimum absolute atomic E-state index is 0.0664. The third-order valence-electron chi connectivity index (χ3n) is 2.42. The van der Waals surface area contributed by atoms with Crippen LogP contribution in [0, 0.1) is 5.82 Å². The van der Waals surface area contributed by atoms with E-state index in [2.05, 4.69) is 0 Å². The largest absolute Gasteiger partial charge is 0.491 e. The summed E-state index contributed by atoms with van der Waals surface area (Å²) in [5, 5.41) is 9.49. The topological polar surface area (TPSA) is 64.7 Å². The lowest BCUT2D eigenvalue weighted by molar-refractivity contribution is 0.0164. The lowest BCUT2D eigenvalue weighted by Crippen LogP contribution is -2.23. The Kier molecular flexibility index (Phi) is 6.04. The molecule has 0 fully saturated rings. The molecule has 2 atom stereocenters. The van der Waals surface area contributed by atoms with Crippen LogP contribution in [0.3, 0.4) is 0 Å². The normalized spacial score (nSPS) is 14.3. The number of aliphatic hydroxyl groups excluding tert-OH is 1. The Morgan fingerprint density at radius 1 is 1.39 bits per heavy atom. The molecule has 0 aliphatic rings. The molecule has 0 saturated heterocycles. The van der Waals surface area contributed by atoms with E-state index < -0.39 is 11.9 Å². The summed E-state index contributed by atoms with van der Waals surface area (Å²) in [4.78, 5) is 0. The standard InChI is InChI=1S/C13H20FNO3/c1-3-17-7-10(16)8-18-11-4-5-12(9(2)15)13(14)6-11/h4-6,9-10,16H,3,7-8,15H2,1-2H3/t9-,10?/m1/s1. The van der Waals surface area contributed by atoms with Crippen molar-refractivity contribution in [3.63, 3.8) is 0 Å². The van der Waals surface area contributed by atoms with Gasteiger partial charge < -0.3 is 20.3 Å². The molecule has 1 aromatic rings. The second kappa shape index (κ2) is 7.31. The van der Waals surface area contributed by atoms with E-state index in [1.807, 2.05) is 6.92 Å². The van der Waals surface area contributed by atoms with Crippen molar-refractivity contribution < 1.29 is 19.0 Å². The van der Waals surface area contributed by atoms with Crippen LogP contribution in [0.4, 0.5) is 4.39 Å². The highest BCUT2D eigenvalue weighted by Gasteiger charge is 2.09. The smallest absolute Gasteiger partial charge is 0.131 e. The maximum absolute atomic E-state index is 13.6.